The van der Waals surface area contributed by atoms with Crippen LogP contribution in [0.2, 0.25) is 5.02 Å². The third kappa shape index (κ3) is 4.99. The van der Waals surface area contributed by atoms with Gasteiger partial charge in [0.2, 0.25) is 0 Å². The Morgan fingerprint density at radius 2 is 1.93 bits per heavy atom. The monoisotopic (exact) mass is 382 g/mol. The summed E-state index contributed by atoms with van der Waals surface area (Å²) in [6.07, 6.45) is 1.60. The molecule has 0 unspecified atom stereocenters. The lowest BCUT2D eigenvalue weighted by Crippen LogP contribution is -2.05. The van der Waals surface area contributed by atoms with E-state index < -0.39 is 0 Å². The second-order valence-corrected chi connectivity index (χ2v) is 6.09. The first kappa shape index (κ1) is 18.7. The summed E-state index contributed by atoms with van der Waals surface area (Å²) in [5, 5.41) is 4.85. The van der Waals surface area contributed by atoms with Gasteiger partial charge in [-0.15, -0.1) is 0 Å². The summed E-state index contributed by atoms with van der Waals surface area (Å²) in [4.78, 5) is 11.7. The van der Waals surface area contributed by atoms with Gasteiger partial charge in [-0.05, 0) is 42.8 Å². The number of ether oxygens (including phenoxy) is 1. The molecule has 1 heterocycles. The normalized spacial score (nSPS) is 10.9. The van der Waals surface area contributed by atoms with Crippen LogP contribution < -0.4 is 5.43 Å². The second kappa shape index (κ2) is 9.05. The molecule has 1 N–H and O–H groups in total. The molecule has 6 heteroatoms. The Balaban J connectivity index is 1.59. The summed E-state index contributed by atoms with van der Waals surface area (Å²) in [6.45, 7) is 2.66. The number of furan rings is 1. The Kier molecular flexibility index (Phi) is 6.28. The molecule has 1 aromatic heterocycles. The zero-order chi connectivity index (χ0) is 19.1. The van der Waals surface area contributed by atoms with Gasteiger partial charge in [0, 0.05) is 10.6 Å². The van der Waals surface area contributed by atoms with E-state index in [1.54, 1.807) is 25.3 Å². The van der Waals surface area contributed by atoms with Crippen molar-refractivity contribution in [3.05, 3.63) is 82.6 Å². The Hall–Kier alpha value is -3.05. The number of hydrazone groups is 1. The highest BCUT2D eigenvalue weighted by atomic mass is 35.5. The summed E-state index contributed by atoms with van der Waals surface area (Å²) >= 11 is 6.10. The molecule has 0 aliphatic carbocycles. The number of carbonyl (C=O) groups is 1. The van der Waals surface area contributed by atoms with Crippen molar-refractivity contribution in [2.24, 2.45) is 5.10 Å². The molecule has 0 spiro atoms. The average molecular weight is 383 g/mol. The fraction of sp³-hybridized carbons (Fsp3) is 0.143. The molecule has 0 aliphatic rings. The highest BCUT2D eigenvalue weighted by Crippen LogP contribution is 2.22. The van der Waals surface area contributed by atoms with Crippen molar-refractivity contribution in [1.29, 1.82) is 0 Å². The maximum Gasteiger partial charge on any atom is 0.338 e. The van der Waals surface area contributed by atoms with Crippen molar-refractivity contribution < 1.29 is 13.9 Å². The van der Waals surface area contributed by atoms with Crippen LogP contribution in [0.1, 0.15) is 28.6 Å². The van der Waals surface area contributed by atoms with Gasteiger partial charge in [0.25, 0.3) is 0 Å². The fourth-order valence-corrected chi connectivity index (χ4v) is 2.65. The average Bonchev–Trinajstić information content (AvgIpc) is 3.16. The Morgan fingerprint density at radius 3 is 2.67 bits per heavy atom. The van der Waals surface area contributed by atoms with Crippen LogP contribution in [0, 0.1) is 0 Å². The van der Waals surface area contributed by atoms with Crippen LogP contribution >= 0.6 is 11.6 Å². The Labute approximate surface area is 162 Å². The van der Waals surface area contributed by atoms with Crippen LogP contribution in [-0.2, 0) is 11.3 Å². The number of benzene rings is 2. The van der Waals surface area contributed by atoms with Crippen LogP contribution in [0.3, 0.4) is 0 Å². The zero-order valence-electron chi connectivity index (χ0n) is 14.8. The largest absolute Gasteiger partial charge is 0.462 e. The second-order valence-electron chi connectivity index (χ2n) is 5.68. The molecule has 0 radical (unpaired) electrons. The van der Waals surface area contributed by atoms with Crippen LogP contribution in [0.4, 0.5) is 0 Å². The molecule has 0 saturated carbocycles. The summed E-state index contributed by atoms with van der Waals surface area (Å²) in [5.41, 5.74) is 5.30. The molecule has 3 rings (SSSR count). The van der Waals surface area contributed by atoms with Gasteiger partial charge >= 0.3 is 5.97 Å². The minimum Gasteiger partial charge on any atom is -0.462 e. The van der Waals surface area contributed by atoms with E-state index in [0.717, 1.165) is 11.1 Å². The molecule has 27 heavy (non-hydrogen) atoms. The first-order valence-electron chi connectivity index (χ1n) is 8.54. The minimum absolute atomic E-state index is 0.332. The van der Waals surface area contributed by atoms with Crippen molar-refractivity contribution in [3.63, 3.8) is 0 Å². The quantitative estimate of drug-likeness (QED) is 0.358. The van der Waals surface area contributed by atoms with Gasteiger partial charge in [0.15, 0.2) is 0 Å². The van der Waals surface area contributed by atoms with E-state index in [9.17, 15) is 4.79 Å². The standard InChI is InChI=1S/C21H19ClN2O3/c1-2-26-21(25)16-9-7-15(8-10-16)20-12-11-18(27-20)14-24-23-13-17-5-3-4-6-19(17)22/h3-12,14,23H,2,13H2,1H3/b24-14-. The van der Waals surface area contributed by atoms with Gasteiger partial charge < -0.3 is 14.6 Å². The molecule has 138 valence electrons. The van der Waals surface area contributed by atoms with Crippen LogP contribution in [0.15, 0.2) is 70.2 Å². The van der Waals surface area contributed by atoms with Crippen molar-refractivity contribution in [2.75, 3.05) is 6.61 Å². The van der Waals surface area contributed by atoms with Gasteiger partial charge in [0.1, 0.15) is 11.5 Å². The molecule has 2 aromatic carbocycles. The number of carbonyl (C=O) groups excluding carboxylic acids is 1. The lowest BCUT2D eigenvalue weighted by Gasteiger charge is -2.03. The number of hydrogen-bond acceptors (Lipinski definition) is 5. The van der Waals surface area contributed by atoms with Gasteiger partial charge in [-0.2, -0.15) is 5.10 Å². The molecule has 5 nitrogen and oxygen atoms in total. The van der Waals surface area contributed by atoms with E-state index in [0.29, 0.717) is 35.3 Å². The van der Waals surface area contributed by atoms with E-state index in [2.05, 4.69) is 10.5 Å². The molecule has 0 aliphatic heterocycles. The van der Waals surface area contributed by atoms with Crippen molar-refractivity contribution in [1.82, 2.24) is 5.43 Å². The molecule has 0 atom stereocenters. The number of hydrogen-bond donors (Lipinski definition) is 1. The molecular formula is C21H19ClN2O3. The molecule has 0 bridgehead atoms. The van der Waals surface area contributed by atoms with Crippen molar-refractivity contribution in [3.8, 4) is 11.3 Å². The number of esters is 1. The van der Waals surface area contributed by atoms with Gasteiger partial charge in [0.05, 0.1) is 24.9 Å². The third-order valence-electron chi connectivity index (χ3n) is 3.82. The maximum absolute atomic E-state index is 11.7. The number of halogens is 1. The van der Waals surface area contributed by atoms with E-state index >= 15 is 0 Å². The third-order valence-corrected chi connectivity index (χ3v) is 4.19. The van der Waals surface area contributed by atoms with Crippen molar-refractivity contribution >= 4 is 23.8 Å². The highest BCUT2D eigenvalue weighted by molar-refractivity contribution is 6.31. The highest BCUT2D eigenvalue weighted by Gasteiger charge is 2.08. The molecular weight excluding hydrogens is 364 g/mol. The molecule has 0 amide bonds. The fourth-order valence-electron chi connectivity index (χ4n) is 2.44. The lowest BCUT2D eigenvalue weighted by atomic mass is 10.1. The predicted octanol–water partition coefficient (Wildman–Crippen LogP) is 4.90. The topological polar surface area (TPSA) is 63.8 Å². The van der Waals surface area contributed by atoms with Crippen LogP contribution in [0.5, 0.6) is 0 Å². The van der Waals surface area contributed by atoms with E-state index in [1.165, 1.54) is 0 Å². The SMILES string of the molecule is CCOC(=O)c1ccc(-c2ccc(/C=N\NCc3ccccc3Cl)o2)cc1. The number of nitrogens with one attached hydrogen (secondary N) is 1. The van der Waals surface area contributed by atoms with Crippen LogP contribution in [0.25, 0.3) is 11.3 Å². The molecule has 0 saturated heterocycles. The van der Waals surface area contributed by atoms with E-state index in [1.807, 2.05) is 48.5 Å². The van der Waals surface area contributed by atoms with Gasteiger partial charge in [-0.1, -0.05) is 41.9 Å². The maximum atomic E-state index is 11.7. The Bertz CT molecular complexity index is 933. The first-order valence-corrected chi connectivity index (χ1v) is 8.92. The summed E-state index contributed by atoms with van der Waals surface area (Å²) in [7, 11) is 0. The van der Waals surface area contributed by atoms with Crippen molar-refractivity contribution in [2.45, 2.75) is 13.5 Å². The smallest absolute Gasteiger partial charge is 0.338 e. The van der Waals surface area contributed by atoms with Gasteiger partial charge in [-0.3, -0.25) is 0 Å². The zero-order valence-corrected chi connectivity index (χ0v) is 15.6. The van der Waals surface area contributed by atoms with Crippen LogP contribution in [-0.4, -0.2) is 18.8 Å². The minimum atomic E-state index is -0.332. The molecule has 3 aromatic rings. The lowest BCUT2D eigenvalue weighted by molar-refractivity contribution is 0.0526. The number of nitrogens with zero attached hydrogens (tertiary/aromatic N) is 1. The predicted molar refractivity (Wildman–Crippen MR) is 106 cm³/mol. The summed E-state index contributed by atoms with van der Waals surface area (Å²) < 4.78 is 10.7. The summed E-state index contributed by atoms with van der Waals surface area (Å²) in [6, 6.07) is 18.4. The number of rotatable bonds is 7. The van der Waals surface area contributed by atoms with E-state index in [-0.39, 0.29) is 5.97 Å². The van der Waals surface area contributed by atoms with E-state index in [4.69, 9.17) is 20.8 Å². The first-order chi connectivity index (χ1) is 13.2. The van der Waals surface area contributed by atoms with Gasteiger partial charge in [-0.25, -0.2) is 4.79 Å². The Morgan fingerprint density at radius 1 is 1.15 bits per heavy atom. The summed E-state index contributed by atoms with van der Waals surface area (Å²) in [5.74, 6) is 0.977. The molecule has 0 fully saturated rings.